The minimum absolute atomic E-state index is 0.278. The van der Waals surface area contributed by atoms with Crippen LogP contribution in [0, 0.1) is 11.8 Å². The summed E-state index contributed by atoms with van der Waals surface area (Å²) in [6.45, 7) is 6.35. The summed E-state index contributed by atoms with van der Waals surface area (Å²) in [6, 6.07) is 7.75. The molecule has 3 unspecified atom stereocenters. The fraction of sp³-hybridized carbons (Fsp3) is 0.593. The number of rotatable bonds is 12. The van der Waals surface area contributed by atoms with Crippen molar-refractivity contribution in [2.24, 2.45) is 11.8 Å². The second-order valence-electron chi connectivity index (χ2n) is 10.1. The first-order chi connectivity index (χ1) is 17.3. The molecule has 1 aromatic carbocycles. The lowest BCUT2D eigenvalue weighted by atomic mass is 9.70. The Morgan fingerprint density at radius 2 is 2.06 bits per heavy atom. The number of aliphatic hydroxyl groups excluding tert-OH is 1. The first-order valence-electron chi connectivity index (χ1n) is 12.7. The van der Waals surface area contributed by atoms with E-state index in [4.69, 9.17) is 4.74 Å². The van der Waals surface area contributed by atoms with Gasteiger partial charge in [0.25, 0.3) is 0 Å². The third-order valence-corrected chi connectivity index (χ3v) is 8.70. The molecule has 0 radical (unpaired) electrons. The van der Waals surface area contributed by atoms with E-state index in [1.54, 1.807) is 11.0 Å². The highest BCUT2D eigenvalue weighted by atomic mass is 79.9. The Balaban J connectivity index is 1.77. The van der Waals surface area contributed by atoms with Crippen LogP contribution in [0.15, 0.2) is 43.0 Å². The fourth-order valence-electron chi connectivity index (χ4n) is 6.33. The highest BCUT2D eigenvalue weighted by molar-refractivity contribution is 9.09. The van der Waals surface area contributed by atoms with Gasteiger partial charge in [0.2, 0.25) is 11.8 Å². The highest BCUT2D eigenvalue weighted by Gasteiger charge is 2.77. The van der Waals surface area contributed by atoms with Crippen LogP contribution in [-0.2, 0) is 25.5 Å². The lowest BCUT2D eigenvalue weighted by Crippen LogP contribution is -2.59. The number of hydrogen-bond donors (Lipinski definition) is 2. The molecule has 196 valence electrons. The van der Waals surface area contributed by atoms with E-state index in [0.29, 0.717) is 25.9 Å². The Labute approximate surface area is 220 Å². The number of carboxylic acids is 1. The fourth-order valence-corrected chi connectivity index (χ4v) is 7.27. The number of alkyl halides is 1. The maximum Gasteiger partial charge on any atom is 0.310 e. The van der Waals surface area contributed by atoms with E-state index >= 15 is 0 Å². The summed E-state index contributed by atoms with van der Waals surface area (Å²) >= 11 is 3.57. The van der Waals surface area contributed by atoms with Crippen LogP contribution in [0.25, 0.3) is 0 Å². The average Bonchev–Trinajstić information content (AvgIpc) is 3.46. The lowest BCUT2D eigenvalue weighted by molar-refractivity contribution is -0.153. The molecule has 2 bridgehead atoms. The molecule has 2 N–H and O–H groups in total. The number of nitrogens with zero attached hydrogens (tertiary/aromatic N) is 2. The molecule has 8 nitrogen and oxygen atoms in total. The minimum atomic E-state index is -1.26. The Kier molecular flexibility index (Phi) is 8.22. The predicted octanol–water partition coefficient (Wildman–Crippen LogP) is 2.63. The zero-order valence-corrected chi connectivity index (χ0v) is 22.2. The molecular weight excluding hydrogens is 528 g/mol. The smallest absolute Gasteiger partial charge is 0.310 e. The van der Waals surface area contributed by atoms with Crippen molar-refractivity contribution in [2.45, 2.75) is 67.6 Å². The van der Waals surface area contributed by atoms with Crippen molar-refractivity contribution in [1.82, 2.24) is 9.80 Å². The summed E-state index contributed by atoms with van der Waals surface area (Å²) in [5.74, 6) is -3.84. The molecule has 3 heterocycles. The van der Waals surface area contributed by atoms with Gasteiger partial charge in [-0.25, -0.2) is 0 Å². The van der Waals surface area contributed by atoms with E-state index in [1.807, 2.05) is 30.3 Å². The van der Waals surface area contributed by atoms with Gasteiger partial charge in [0.15, 0.2) is 0 Å². The van der Waals surface area contributed by atoms with E-state index in [2.05, 4.69) is 29.4 Å². The minimum Gasteiger partial charge on any atom is -0.481 e. The third kappa shape index (κ3) is 4.50. The molecule has 1 spiro atoms. The topological polar surface area (TPSA) is 107 Å². The third-order valence-electron chi connectivity index (χ3n) is 7.86. The number of amides is 2. The standard InChI is InChI=1S/C27H35BrN2O6/c1-3-5-9-13-29(12-4-2)25(33)23-27-15-19(28)22(36-27)20(26(34)35)21(27)24(32)30(23)18(16-31)14-17-10-7-6-8-11-17/h4,6-8,10-11,18-23,31H,2-3,5,9,12-16H2,1H3,(H,34,35)/t18-,19?,20+,21+,22+,23?,27?/m1/s1. The number of aliphatic carboxylic acids is 1. The van der Waals surface area contributed by atoms with Gasteiger partial charge in [0.1, 0.15) is 11.6 Å². The van der Waals surface area contributed by atoms with Gasteiger partial charge in [0.05, 0.1) is 30.6 Å². The summed E-state index contributed by atoms with van der Waals surface area (Å²) < 4.78 is 6.36. The number of benzene rings is 1. The van der Waals surface area contributed by atoms with Gasteiger partial charge in [-0.15, -0.1) is 6.58 Å². The first kappa shape index (κ1) is 26.8. The second-order valence-corrected chi connectivity index (χ2v) is 11.2. The predicted molar refractivity (Wildman–Crippen MR) is 138 cm³/mol. The summed E-state index contributed by atoms with van der Waals surface area (Å²) in [5, 5.41) is 20.5. The average molecular weight is 563 g/mol. The molecule has 0 aliphatic carbocycles. The van der Waals surface area contributed by atoms with Crippen molar-refractivity contribution < 1.29 is 29.3 Å². The number of unbranched alkanes of at least 4 members (excludes halogenated alkanes) is 2. The molecule has 0 saturated carbocycles. The van der Waals surface area contributed by atoms with E-state index in [-0.39, 0.29) is 17.3 Å². The van der Waals surface area contributed by atoms with Crippen LogP contribution < -0.4 is 0 Å². The zero-order chi connectivity index (χ0) is 26.0. The monoisotopic (exact) mass is 562 g/mol. The van der Waals surface area contributed by atoms with E-state index < -0.39 is 47.5 Å². The quantitative estimate of drug-likeness (QED) is 0.230. The van der Waals surface area contributed by atoms with Crippen LogP contribution in [-0.4, -0.2) is 86.1 Å². The van der Waals surface area contributed by atoms with Gasteiger partial charge in [-0.3, -0.25) is 14.4 Å². The van der Waals surface area contributed by atoms with Crippen LogP contribution in [0.3, 0.4) is 0 Å². The largest absolute Gasteiger partial charge is 0.481 e. The first-order valence-corrected chi connectivity index (χ1v) is 13.6. The zero-order valence-electron chi connectivity index (χ0n) is 20.6. The maximum absolute atomic E-state index is 14.2. The number of hydrogen-bond acceptors (Lipinski definition) is 5. The van der Waals surface area contributed by atoms with Crippen LogP contribution in [0.5, 0.6) is 0 Å². The number of carbonyl (C=O) groups excluding carboxylic acids is 2. The van der Waals surface area contributed by atoms with E-state index in [1.165, 1.54) is 4.90 Å². The van der Waals surface area contributed by atoms with Crippen LogP contribution in [0.2, 0.25) is 0 Å². The SMILES string of the molecule is C=CCN(CCCCC)C(=O)C1N([C@@H](CO)Cc2ccccc2)C(=O)[C@@H]2[C@H](C(=O)O)[C@H]3OC12CC3Br. The second kappa shape index (κ2) is 11.0. The molecule has 9 heteroatoms. The molecule has 2 amide bonds. The van der Waals surface area contributed by atoms with Crippen molar-refractivity contribution in [3.8, 4) is 0 Å². The molecule has 7 atom stereocenters. The molecule has 4 rings (SSSR count). The van der Waals surface area contributed by atoms with Crippen molar-refractivity contribution in [1.29, 1.82) is 0 Å². The number of fused-ring (bicyclic) bond motifs is 1. The summed E-state index contributed by atoms with van der Waals surface area (Å²) in [4.78, 5) is 43.4. The van der Waals surface area contributed by atoms with E-state index in [0.717, 1.165) is 24.8 Å². The van der Waals surface area contributed by atoms with Gasteiger partial charge in [-0.1, -0.05) is 72.1 Å². The Hall–Kier alpha value is -2.23. The summed E-state index contributed by atoms with van der Waals surface area (Å²) in [7, 11) is 0. The number of likely N-dealkylation sites (tertiary alicyclic amines) is 1. The molecule has 3 saturated heterocycles. The van der Waals surface area contributed by atoms with Crippen LogP contribution in [0.4, 0.5) is 0 Å². The van der Waals surface area contributed by atoms with Crippen molar-refractivity contribution in [3.63, 3.8) is 0 Å². The van der Waals surface area contributed by atoms with Gasteiger partial charge < -0.3 is 24.7 Å². The number of ether oxygens (including phenoxy) is 1. The molecular formula is C27H35BrN2O6. The van der Waals surface area contributed by atoms with Crippen molar-refractivity contribution in [2.75, 3.05) is 19.7 Å². The molecule has 36 heavy (non-hydrogen) atoms. The van der Waals surface area contributed by atoms with Gasteiger partial charge >= 0.3 is 5.97 Å². The summed E-state index contributed by atoms with van der Waals surface area (Å²) in [6.07, 6.45) is 4.42. The molecule has 3 aliphatic rings. The van der Waals surface area contributed by atoms with Crippen molar-refractivity contribution >= 4 is 33.7 Å². The Bertz CT molecular complexity index is 990. The number of carbonyl (C=O) groups is 3. The Morgan fingerprint density at radius 1 is 1.33 bits per heavy atom. The van der Waals surface area contributed by atoms with Crippen LogP contribution in [0.1, 0.15) is 38.2 Å². The number of carboxylic acid groups (broad SMARTS) is 1. The highest BCUT2D eigenvalue weighted by Crippen LogP contribution is 2.60. The molecule has 0 aromatic heterocycles. The van der Waals surface area contributed by atoms with Gasteiger partial charge in [-0.2, -0.15) is 0 Å². The maximum atomic E-state index is 14.2. The molecule has 3 fully saturated rings. The van der Waals surface area contributed by atoms with Crippen molar-refractivity contribution in [3.05, 3.63) is 48.6 Å². The van der Waals surface area contributed by atoms with Crippen LogP contribution >= 0.6 is 15.9 Å². The number of halogens is 1. The normalized spacial score (nSPS) is 31.4. The van der Waals surface area contributed by atoms with Gasteiger partial charge in [0, 0.05) is 17.9 Å². The molecule has 3 aliphatic heterocycles. The Morgan fingerprint density at radius 3 is 2.67 bits per heavy atom. The number of aliphatic hydroxyl groups is 1. The molecule has 1 aromatic rings. The van der Waals surface area contributed by atoms with Gasteiger partial charge in [-0.05, 0) is 24.8 Å². The lowest BCUT2D eigenvalue weighted by Gasteiger charge is -2.39. The van der Waals surface area contributed by atoms with E-state index in [9.17, 15) is 24.6 Å². The summed E-state index contributed by atoms with van der Waals surface area (Å²) in [5.41, 5.74) is -0.348.